The molecule has 0 aromatic heterocycles. The highest BCUT2D eigenvalue weighted by atomic mass is 16.5. The highest BCUT2D eigenvalue weighted by Crippen LogP contribution is 2.45. The normalized spacial score (nSPS) is 23.3. The fourth-order valence-corrected chi connectivity index (χ4v) is 6.11. The third-order valence-electron chi connectivity index (χ3n) is 7.62. The summed E-state index contributed by atoms with van der Waals surface area (Å²) in [6, 6.07) is 15.2. The maximum Gasteiger partial charge on any atom is 0.407 e. The molecule has 2 aromatic carbocycles. The third-order valence-corrected chi connectivity index (χ3v) is 7.62. The molecule has 2 heterocycles. The second-order valence-electron chi connectivity index (χ2n) is 9.54. The number of aliphatic carboxylic acids is 1. The van der Waals surface area contributed by atoms with Crippen LogP contribution in [-0.4, -0.2) is 52.7 Å². The summed E-state index contributed by atoms with van der Waals surface area (Å²) in [7, 11) is 0. The molecule has 7 nitrogen and oxygen atoms in total. The van der Waals surface area contributed by atoms with E-state index in [0.29, 0.717) is 25.7 Å². The van der Waals surface area contributed by atoms with Crippen molar-refractivity contribution in [1.82, 2.24) is 10.2 Å². The molecule has 0 radical (unpaired) electrons. The van der Waals surface area contributed by atoms with Gasteiger partial charge in [-0.25, -0.2) is 4.79 Å². The number of carbonyl (C=O) groups is 3. The summed E-state index contributed by atoms with van der Waals surface area (Å²) < 4.78 is 5.64. The average molecular weight is 463 g/mol. The first-order chi connectivity index (χ1) is 16.5. The smallest absolute Gasteiger partial charge is 0.407 e. The lowest BCUT2D eigenvalue weighted by atomic mass is 9.89. The van der Waals surface area contributed by atoms with Crippen LogP contribution in [-0.2, 0) is 14.3 Å². The van der Waals surface area contributed by atoms with Gasteiger partial charge in [0.1, 0.15) is 12.6 Å². The highest BCUT2D eigenvalue weighted by molar-refractivity contribution is 5.88. The second-order valence-corrected chi connectivity index (χ2v) is 9.54. The summed E-state index contributed by atoms with van der Waals surface area (Å²) in [6.45, 7) is 2.14. The van der Waals surface area contributed by atoms with E-state index in [9.17, 15) is 19.5 Å². The van der Waals surface area contributed by atoms with Crippen LogP contribution in [0.2, 0.25) is 0 Å². The number of amides is 2. The maximum atomic E-state index is 13.4. The summed E-state index contributed by atoms with van der Waals surface area (Å²) in [6.07, 6.45) is 2.61. The van der Waals surface area contributed by atoms with Crippen LogP contribution < -0.4 is 5.32 Å². The summed E-state index contributed by atoms with van der Waals surface area (Å²) in [5.41, 5.74) is 4.57. The monoisotopic (exact) mass is 462 g/mol. The van der Waals surface area contributed by atoms with Crippen molar-refractivity contribution < 1.29 is 24.2 Å². The Morgan fingerprint density at radius 3 is 2.29 bits per heavy atom. The molecule has 34 heavy (non-hydrogen) atoms. The fourth-order valence-electron chi connectivity index (χ4n) is 6.11. The van der Waals surface area contributed by atoms with E-state index >= 15 is 0 Å². The lowest BCUT2D eigenvalue weighted by Crippen LogP contribution is -2.51. The van der Waals surface area contributed by atoms with Crippen molar-refractivity contribution in [1.29, 1.82) is 0 Å². The number of fused-ring (bicyclic) bond motifs is 5. The van der Waals surface area contributed by atoms with Gasteiger partial charge in [0.2, 0.25) is 5.91 Å². The van der Waals surface area contributed by atoms with Gasteiger partial charge in [0.15, 0.2) is 0 Å². The zero-order chi connectivity index (χ0) is 23.8. The van der Waals surface area contributed by atoms with Crippen LogP contribution >= 0.6 is 0 Å². The van der Waals surface area contributed by atoms with Gasteiger partial charge in [0, 0.05) is 18.0 Å². The van der Waals surface area contributed by atoms with Gasteiger partial charge in [0.05, 0.1) is 5.92 Å². The Morgan fingerprint density at radius 2 is 1.71 bits per heavy atom. The van der Waals surface area contributed by atoms with E-state index in [1.54, 1.807) is 4.90 Å². The molecule has 2 bridgehead atoms. The van der Waals surface area contributed by atoms with Crippen molar-refractivity contribution in [3.63, 3.8) is 0 Å². The minimum absolute atomic E-state index is 0.0516. The van der Waals surface area contributed by atoms with Crippen LogP contribution in [0.1, 0.15) is 56.1 Å². The molecule has 2 amide bonds. The Kier molecular flexibility index (Phi) is 6.02. The standard InChI is InChI=1S/C27H30N2O5/c1-2-7-23(25(30)29-16-12-13-24(29)21(14-16)26(31)32)28-27(33)34-15-22-19-10-5-3-8-17(19)18-9-4-6-11-20(18)22/h3-6,8-11,16,21-24H,2,7,12-15H2,1H3,(H,28,33)(H,31,32)/t16?,21?,23-,24?/m1/s1. The zero-order valence-electron chi connectivity index (χ0n) is 19.3. The second kappa shape index (κ2) is 9.12. The van der Waals surface area contributed by atoms with Crippen molar-refractivity contribution >= 4 is 18.0 Å². The minimum Gasteiger partial charge on any atom is -0.481 e. The number of hydrogen-bond donors (Lipinski definition) is 2. The first-order valence-corrected chi connectivity index (χ1v) is 12.2. The molecular weight excluding hydrogens is 432 g/mol. The summed E-state index contributed by atoms with van der Waals surface area (Å²) >= 11 is 0. The van der Waals surface area contributed by atoms with Crippen molar-refractivity contribution in [3.8, 4) is 11.1 Å². The van der Waals surface area contributed by atoms with Crippen LogP contribution in [0, 0.1) is 5.92 Å². The Labute approximate surface area is 199 Å². The lowest BCUT2D eigenvalue weighted by Gasteiger charge is -2.28. The number of hydrogen-bond acceptors (Lipinski definition) is 4. The van der Waals surface area contributed by atoms with E-state index in [4.69, 9.17) is 4.74 Å². The van der Waals surface area contributed by atoms with Gasteiger partial charge in [-0.3, -0.25) is 9.59 Å². The highest BCUT2D eigenvalue weighted by Gasteiger charge is 2.52. The Bertz CT molecular complexity index is 1070. The summed E-state index contributed by atoms with van der Waals surface area (Å²) in [4.78, 5) is 39.4. The van der Waals surface area contributed by atoms with E-state index < -0.39 is 24.0 Å². The number of alkyl carbamates (subject to hydrolysis) is 1. The number of benzene rings is 2. The molecule has 4 atom stereocenters. The summed E-state index contributed by atoms with van der Waals surface area (Å²) in [5, 5.41) is 12.3. The minimum atomic E-state index is -0.846. The first kappa shape index (κ1) is 22.4. The van der Waals surface area contributed by atoms with Gasteiger partial charge in [-0.05, 0) is 47.9 Å². The van der Waals surface area contributed by atoms with Crippen LogP contribution in [0.4, 0.5) is 4.79 Å². The molecule has 178 valence electrons. The molecule has 3 unspecified atom stereocenters. The van der Waals surface area contributed by atoms with Gasteiger partial charge in [0.25, 0.3) is 0 Å². The molecular formula is C27H30N2O5. The maximum absolute atomic E-state index is 13.4. The zero-order valence-corrected chi connectivity index (χ0v) is 19.3. The lowest BCUT2D eigenvalue weighted by molar-refractivity contribution is -0.143. The van der Waals surface area contributed by atoms with Crippen LogP contribution in [0.15, 0.2) is 48.5 Å². The van der Waals surface area contributed by atoms with Gasteiger partial charge in [-0.2, -0.15) is 0 Å². The van der Waals surface area contributed by atoms with Crippen molar-refractivity contribution in [2.75, 3.05) is 6.61 Å². The Morgan fingerprint density at radius 1 is 1.06 bits per heavy atom. The molecule has 0 saturated carbocycles. The Hall–Kier alpha value is -3.35. The summed E-state index contributed by atoms with van der Waals surface area (Å²) in [5.74, 6) is -1.60. The number of nitrogens with zero attached hydrogens (tertiary/aromatic N) is 1. The Balaban J connectivity index is 1.26. The molecule has 1 aliphatic carbocycles. The number of carboxylic acid groups (broad SMARTS) is 1. The van der Waals surface area contributed by atoms with E-state index in [-0.39, 0.29) is 30.5 Å². The SMILES string of the molecule is CCC[C@@H](NC(=O)OCC1c2ccccc2-c2ccccc21)C(=O)N1C2CCC1C(C(=O)O)C2. The topological polar surface area (TPSA) is 95.9 Å². The predicted octanol–water partition coefficient (Wildman–Crippen LogP) is 4.16. The molecule has 3 aliphatic rings. The van der Waals surface area contributed by atoms with E-state index in [2.05, 4.69) is 29.6 Å². The molecule has 5 rings (SSSR count). The molecule has 2 aromatic rings. The molecule has 2 N–H and O–H groups in total. The number of ether oxygens (including phenoxy) is 1. The third kappa shape index (κ3) is 3.83. The van der Waals surface area contributed by atoms with Crippen molar-refractivity contribution in [2.24, 2.45) is 5.92 Å². The van der Waals surface area contributed by atoms with Crippen molar-refractivity contribution in [2.45, 2.75) is 63.1 Å². The largest absolute Gasteiger partial charge is 0.481 e. The van der Waals surface area contributed by atoms with Gasteiger partial charge in [-0.1, -0.05) is 61.9 Å². The molecule has 2 fully saturated rings. The first-order valence-electron chi connectivity index (χ1n) is 12.2. The number of carbonyl (C=O) groups excluding carboxylic acids is 2. The van der Waals surface area contributed by atoms with E-state index in [0.717, 1.165) is 28.7 Å². The van der Waals surface area contributed by atoms with Gasteiger partial charge >= 0.3 is 12.1 Å². The quantitative estimate of drug-likeness (QED) is 0.644. The predicted molar refractivity (Wildman–Crippen MR) is 126 cm³/mol. The van der Waals surface area contributed by atoms with E-state index in [1.165, 1.54) is 0 Å². The molecule has 0 spiro atoms. The number of nitrogens with one attached hydrogen (secondary N) is 1. The van der Waals surface area contributed by atoms with Crippen LogP contribution in [0.3, 0.4) is 0 Å². The van der Waals surface area contributed by atoms with Crippen LogP contribution in [0.5, 0.6) is 0 Å². The molecule has 2 aliphatic heterocycles. The van der Waals surface area contributed by atoms with Crippen LogP contribution in [0.25, 0.3) is 11.1 Å². The van der Waals surface area contributed by atoms with Gasteiger partial charge < -0.3 is 20.1 Å². The number of rotatable bonds is 7. The average Bonchev–Trinajstić information content (AvgIpc) is 3.52. The van der Waals surface area contributed by atoms with Gasteiger partial charge in [-0.15, -0.1) is 0 Å². The number of carboxylic acids is 1. The van der Waals surface area contributed by atoms with E-state index in [1.807, 2.05) is 31.2 Å². The fraction of sp³-hybridized carbons (Fsp3) is 0.444. The molecule has 2 saturated heterocycles. The molecule has 7 heteroatoms. The van der Waals surface area contributed by atoms with Crippen molar-refractivity contribution in [3.05, 3.63) is 59.7 Å².